The molecule has 0 bridgehead atoms. The van der Waals surface area contributed by atoms with Gasteiger partial charge in [0.15, 0.2) is 0 Å². The Labute approximate surface area is 115 Å². The maximum atomic E-state index is 10.7. The lowest BCUT2D eigenvalue weighted by Gasteiger charge is -2.13. The molecule has 20 heavy (non-hydrogen) atoms. The van der Waals surface area contributed by atoms with Crippen LogP contribution >= 0.6 is 0 Å². The molecule has 7 nitrogen and oxygen atoms in total. The number of carboxylic acids is 1. The second kappa shape index (κ2) is 5.20. The minimum Gasteiger partial charge on any atom is -0.478 e. The molecule has 0 spiro atoms. The second-order valence-corrected chi connectivity index (χ2v) is 4.49. The number of anilines is 1. The first kappa shape index (κ1) is 12.5. The fourth-order valence-corrected chi connectivity index (χ4v) is 2.01. The standard InChI is InChI=1S/C13H14N4O3/c18-13(19)9-2-3-11(14-7-9)15-8-10-6-12-17(16-10)4-1-5-20-12/h2-3,6-7H,1,4-5,8H2,(H,14,15)(H,18,19). The van der Waals surface area contributed by atoms with Gasteiger partial charge in [-0.05, 0) is 12.1 Å². The minimum absolute atomic E-state index is 0.168. The maximum absolute atomic E-state index is 10.7. The van der Waals surface area contributed by atoms with Gasteiger partial charge >= 0.3 is 5.97 Å². The lowest BCUT2D eigenvalue weighted by Crippen LogP contribution is -2.14. The smallest absolute Gasteiger partial charge is 0.337 e. The average Bonchev–Trinajstić information content (AvgIpc) is 2.88. The molecule has 1 aliphatic rings. The third-order valence-electron chi connectivity index (χ3n) is 3.02. The summed E-state index contributed by atoms with van der Waals surface area (Å²) in [5.41, 5.74) is 1.03. The van der Waals surface area contributed by atoms with Gasteiger partial charge in [0, 0.05) is 25.2 Å². The van der Waals surface area contributed by atoms with Crippen molar-refractivity contribution in [2.24, 2.45) is 0 Å². The number of carbonyl (C=O) groups is 1. The van der Waals surface area contributed by atoms with E-state index in [0.29, 0.717) is 12.4 Å². The first-order valence-corrected chi connectivity index (χ1v) is 6.35. The summed E-state index contributed by atoms with van der Waals surface area (Å²) in [5, 5.41) is 16.3. The van der Waals surface area contributed by atoms with Crippen molar-refractivity contribution in [2.45, 2.75) is 19.5 Å². The molecule has 2 N–H and O–H groups in total. The number of aryl methyl sites for hydroxylation is 1. The highest BCUT2D eigenvalue weighted by molar-refractivity contribution is 5.87. The summed E-state index contributed by atoms with van der Waals surface area (Å²) in [7, 11) is 0. The molecule has 0 amide bonds. The first-order chi connectivity index (χ1) is 9.72. The van der Waals surface area contributed by atoms with E-state index in [1.54, 1.807) is 6.07 Å². The summed E-state index contributed by atoms with van der Waals surface area (Å²) in [5.74, 6) is 0.423. The van der Waals surface area contributed by atoms with E-state index < -0.39 is 5.97 Å². The van der Waals surface area contributed by atoms with E-state index >= 15 is 0 Å². The number of rotatable bonds is 4. The molecule has 0 atom stereocenters. The Bertz CT molecular complexity index is 598. The summed E-state index contributed by atoms with van der Waals surface area (Å²) in [4.78, 5) is 14.8. The van der Waals surface area contributed by atoms with Crippen molar-refractivity contribution >= 4 is 11.8 Å². The van der Waals surface area contributed by atoms with Crippen molar-refractivity contribution in [3.8, 4) is 5.88 Å². The minimum atomic E-state index is -0.983. The molecule has 0 aliphatic carbocycles. The molecule has 2 aromatic rings. The zero-order chi connectivity index (χ0) is 13.9. The van der Waals surface area contributed by atoms with Crippen molar-refractivity contribution in [1.29, 1.82) is 0 Å². The van der Waals surface area contributed by atoms with Crippen LogP contribution in [0.3, 0.4) is 0 Å². The van der Waals surface area contributed by atoms with E-state index in [2.05, 4.69) is 15.4 Å². The topological polar surface area (TPSA) is 89.3 Å². The van der Waals surface area contributed by atoms with Crippen LogP contribution in [0.2, 0.25) is 0 Å². The largest absolute Gasteiger partial charge is 0.478 e. The number of hydrogen-bond donors (Lipinski definition) is 2. The number of hydrogen-bond acceptors (Lipinski definition) is 5. The molecule has 3 rings (SSSR count). The summed E-state index contributed by atoms with van der Waals surface area (Å²) in [6.07, 6.45) is 2.30. The van der Waals surface area contributed by atoms with Gasteiger partial charge in [-0.3, -0.25) is 0 Å². The molecule has 0 radical (unpaired) electrons. The molecule has 3 heterocycles. The van der Waals surface area contributed by atoms with Crippen LogP contribution in [0.5, 0.6) is 5.88 Å². The van der Waals surface area contributed by atoms with Gasteiger partial charge in [0.05, 0.1) is 24.4 Å². The molecular formula is C13H14N4O3. The normalized spacial score (nSPS) is 13.4. The van der Waals surface area contributed by atoms with E-state index in [9.17, 15) is 4.79 Å². The number of fused-ring (bicyclic) bond motifs is 1. The van der Waals surface area contributed by atoms with Gasteiger partial charge in [-0.1, -0.05) is 0 Å². The molecule has 7 heteroatoms. The number of nitrogens with zero attached hydrogens (tertiary/aromatic N) is 3. The van der Waals surface area contributed by atoms with Crippen LogP contribution in [-0.2, 0) is 13.1 Å². The second-order valence-electron chi connectivity index (χ2n) is 4.49. The van der Waals surface area contributed by atoms with Crippen LogP contribution in [0, 0.1) is 0 Å². The molecule has 1 aliphatic heterocycles. The van der Waals surface area contributed by atoms with Crippen LogP contribution < -0.4 is 10.1 Å². The van der Waals surface area contributed by atoms with Crippen molar-refractivity contribution < 1.29 is 14.6 Å². The third kappa shape index (κ3) is 2.56. The van der Waals surface area contributed by atoms with Gasteiger partial charge in [0.25, 0.3) is 0 Å². The fourth-order valence-electron chi connectivity index (χ4n) is 2.01. The molecule has 0 saturated carbocycles. The zero-order valence-corrected chi connectivity index (χ0v) is 10.7. The van der Waals surface area contributed by atoms with E-state index in [-0.39, 0.29) is 5.56 Å². The zero-order valence-electron chi connectivity index (χ0n) is 10.7. The summed E-state index contributed by atoms with van der Waals surface area (Å²) in [6.45, 7) is 2.13. The van der Waals surface area contributed by atoms with Crippen LogP contribution in [0.25, 0.3) is 0 Å². The van der Waals surface area contributed by atoms with Crippen molar-refractivity contribution in [3.05, 3.63) is 35.7 Å². The van der Waals surface area contributed by atoms with Gasteiger partial charge in [-0.25, -0.2) is 14.5 Å². The van der Waals surface area contributed by atoms with E-state index in [0.717, 1.165) is 31.1 Å². The van der Waals surface area contributed by atoms with Crippen LogP contribution in [0.1, 0.15) is 22.5 Å². The highest BCUT2D eigenvalue weighted by atomic mass is 16.5. The van der Waals surface area contributed by atoms with Gasteiger partial charge in [-0.15, -0.1) is 0 Å². The Kier molecular flexibility index (Phi) is 3.24. The van der Waals surface area contributed by atoms with Crippen molar-refractivity contribution in [3.63, 3.8) is 0 Å². The number of aromatic nitrogens is 3. The van der Waals surface area contributed by atoms with Gasteiger partial charge in [0.1, 0.15) is 5.82 Å². The monoisotopic (exact) mass is 274 g/mol. The predicted molar refractivity (Wildman–Crippen MR) is 70.9 cm³/mol. The Balaban J connectivity index is 1.64. The van der Waals surface area contributed by atoms with Crippen LogP contribution in [0.4, 0.5) is 5.82 Å². The maximum Gasteiger partial charge on any atom is 0.337 e. The molecule has 0 fully saturated rings. The van der Waals surface area contributed by atoms with Gasteiger partial charge in [0.2, 0.25) is 5.88 Å². The molecule has 0 aromatic carbocycles. The van der Waals surface area contributed by atoms with Crippen molar-refractivity contribution in [1.82, 2.24) is 14.8 Å². The van der Waals surface area contributed by atoms with Gasteiger partial charge < -0.3 is 15.2 Å². The fraction of sp³-hybridized carbons (Fsp3) is 0.308. The van der Waals surface area contributed by atoms with E-state index in [4.69, 9.17) is 9.84 Å². The quantitative estimate of drug-likeness (QED) is 0.875. The Morgan fingerprint density at radius 2 is 2.40 bits per heavy atom. The summed E-state index contributed by atoms with van der Waals surface area (Å²) < 4.78 is 7.34. The van der Waals surface area contributed by atoms with Crippen LogP contribution in [-0.4, -0.2) is 32.4 Å². The molecule has 0 unspecified atom stereocenters. The average molecular weight is 274 g/mol. The molecule has 2 aromatic heterocycles. The SMILES string of the molecule is O=C(O)c1ccc(NCc2cc3n(n2)CCCO3)nc1. The first-order valence-electron chi connectivity index (χ1n) is 6.35. The predicted octanol–water partition coefficient (Wildman–Crippen LogP) is 1.37. The summed E-state index contributed by atoms with van der Waals surface area (Å²) >= 11 is 0. The Morgan fingerprint density at radius 3 is 3.10 bits per heavy atom. The number of pyridine rings is 1. The highest BCUT2D eigenvalue weighted by Gasteiger charge is 2.13. The van der Waals surface area contributed by atoms with E-state index in [1.807, 2.05) is 10.7 Å². The van der Waals surface area contributed by atoms with Crippen molar-refractivity contribution in [2.75, 3.05) is 11.9 Å². The number of carboxylic acid groups (broad SMARTS) is 1. The third-order valence-corrected chi connectivity index (χ3v) is 3.02. The molecule has 104 valence electrons. The number of nitrogens with one attached hydrogen (secondary N) is 1. The lowest BCUT2D eigenvalue weighted by atomic mass is 10.3. The number of aromatic carboxylic acids is 1. The highest BCUT2D eigenvalue weighted by Crippen LogP contribution is 2.18. The van der Waals surface area contributed by atoms with Crippen LogP contribution in [0.15, 0.2) is 24.4 Å². The molecular weight excluding hydrogens is 260 g/mol. The molecule has 0 saturated heterocycles. The summed E-state index contributed by atoms with van der Waals surface area (Å²) in [6, 6.07) is 5.05. The van der Waals surface area contributed by atoms with E-state index in [1.165, 1.54) is 12.3 Å². The Morgan fingerprint density at radius 1 is 1.50 bits per heavy atom. The van der Waals surface area contributed by atoms with Gasteiger partial charge in [-0.2, -0.15) is 5.10 Å². The lowest BCUT2D eigenvalue weighted by molar-refractivity contribution is 0.0696. The Hall–Kier alpha value is -2.57. The number of ether oxygens (including phenoxy) is 1.